The fourth-order valence-electron chi connectivity index (χ4n) is 1.33. The van der Waals surface area contributed by atoms with Gasteiger partial charge in [-0.15, -0.1) is 0 Å². The van der Waals surface area contributed by atoms with Crippen LogP contribution in [-0.2, 0) is 14.8 Å². The quantitative estimate of drug-likeness (QED) is 0.612. The zero-order chi connectivity index (χ0) is 11.5. The molecule has 1 unspecified atom stereocenters. The highest BCUT2D eigenvalue weighted by atomic mass is 32.2. The Morgan fingerprint density at radius 1 is 1.53 bits per heavy atom. The van der Waals surface area contributed by atoms with E-state index in [0.29, 0.717) is 19.5 Å². The van der Waals surface area contributed by atoms with Gasteiger partial charge in [-0.05, 0) is 13.0 Å². The van der Waals surface area contributed by atoms with Gasteiger partial charge in [0.1, 0.15) is 0 Å². The van der Waals surface area contributed by atoms with Gasteiger partial charge in [-0.25, -0.2) is 13.1 Å². The van der Waals surface area contributed by atoms with Gasteiger partial charge in [0.15, 0.2) is 0 Å². The fourth-order valence-corrected chi connectivity index (χ4v) is 2.66. The third-order valence-electron chi connectivity index (χ3n) is 2.38. The van der Waals surface area contributed by atoms with Crippen molar-refractivity contribution >= 4 is 15.9 Å². The molecular formula is C8H17N3O3S. The first kappa shape index (κ1) is 12.4. The minimum absolute atomic E-state index is 0.161. The SMILES string of the molecule is CN(C)C(=O)CNS(=O)(=O)C1CCNC1. The molecular weight excluding hydrogens is 218 g/mol. The average molecular weight is 235 g/mol. The molecule has 1 atom stereocenters. The molecule has 15 heavy (non-hydrogen) atoms. The largest absolute Gasteiger partial charge is 0.348 e. The lowest BCUT2D eigenvalue weighted by Gasteiger charge is -2.14. The van der Waals surface area contributed by atoms with Crippen LogP contribution in [0, 0.1) is 0 Å². The molecule has 1 rings (SSSR count). The van der Waals surface area contributed by atoms with Crippen LogP contribution in [0.15, 0.2) is 0 Å². The summed E-state index contributed by atoms with van der Waals surface area (Å²) in [6.07, 6.45) is 0.603. The van der Waals surface area contributed by atoms with Crippen LogP contribution in [0.25, 0.3) is 0 Å². The molecule has 0 bridgehead atoms. The number of sulfonamides is 1. The predicted octanol–water partition coefficient (Wildman–Crippen LogP) is -1.64. The van der Waals surface area contributed by atoms with Crippen LogP contribution in [-0.4, -0.2) is 58.2 Å². The van der Waals surface area contributed by atoms with E-state index in [1.165, 1.54) is 4.90 Å². The Kier molecular flexibility index (Phi) is 4.06. The van der Waals surface area contributed by atoms with E-state index >= 15 is 0 Å². The van der Waals surface area contributed by atoms with E-state index in [1.54, 1.807) is 14.1 Å². The Balaban J connectivity index is 2.46. The second-order valence-corrected chi connectivity index (χ2v) is 5.81. The van der Waals surface area contributed by atoms with Gasteiger partial charge in [-0.3, -0.25) is 4.79 Å². The van der Waals surface area contributed by atoms with Crippen molar-refractivity contribution in [3.8, 4) is 0 Å². The van der Waals surface area contributed by atoms with Crippen LogP contribution in [0.4, 0.5) is 0 Å². The van der Waals surface area contributed by atoms with E-state index < -0.39 is 15.3 Å². The van der Waals surface area contributed by atoms with Crippen molar-refractivity contribution < 1.29 is 13.2 Å². The number of carbonyl (C=O) groups excluding carboxylic acids is 1. The Bertz CT molecular complexity index is 320. The first-order valence-corrected chi connectivity index (χ1v) is 6.37. The third-order valence-corrected chi connectivity index (χ3v) is 4.20. The number of nitrogens with one attached hydrogen (secondary N) is 2. The topological polar surface area (TPSA) is 78.5 Å². The van der Waals surface area contributed by atoms with Crippen molar-refractivity contribution in [1.29, 1.82) is 0 Å². The minimum atomic E-state index is -3.35. The van der Waals surface area contributed by atoms with Crippen molar-refractivity contribution in [3.63, 3.8) is 0 Å². The molecule has 0 aliphatic carbocycles. The van der Waals surface area contributed by atoms with Gasteiger partial charge in [0.05, 0.1) is 11.8 Å². The molecule has 0 aromatic rings. The molecule has 0 spiro atoms. The molecule has 0 saturated carbocycles. The summed E-state index contributed by atoms with van der Waals surface area (Å²) in [6, 6.07) is 0. The van der Waals surface area contributed by atoms with E-state index in [2.05, 4.69) is 10.0 Å². The average Bonchev–Trinajstić information content (AvgIpc) is 2.67. The second-order valence-electron chi connectivity index (χ2n) is 3.77. The number of amides is 1. The Morgan fingerprint density at radius 3 is 2.67 bits per heavy atom. The summed E-state index contributed by atoms with van der Waals surface area (Å²) in [6.45, 7) is 1.02. The highest BCUT2D eigenvalue weighted by Crippen LogP contribution is 2.07. The van der Waals surface area contributed by atoms with E-state index in [1.807, 2.05) is 0 Å². The van der Waals surface area contributed by atoms with Crippen molar-refractivity contribution in [3.05, 3.63) is 0 Å². The number of nitrogens with zero attached hydrogens (tertiary/aromatic N) is 1. The molecule has 0 aromatic heterocycles. The van der Waals surface area contributed by atoms with Gasteiger partial charge in [0.2, 0.25) is 15.9 Å². The summed E-state index contributed by atoms with van der Waals surface area (Å²) in [5.41, 5.74) is 0. The third kappa shape index (κ3) is 3.44. The van der Waals surface area contributed by atoms with Crippen LogP contribution in [0.2, 0.25) is 0 Å². The number of carbonyl (C=O) groups is 1. The molecule has 2 N–H and O–H groups in total. The van der Waals surface area contributed by atoms with Gasteiger partial charge < -0.3 is 10.2 Å². The molecule has 1 fully saturated rings. The second kappa shape index (κ2) is 4.91. The lowest BCUT2D eigenvalue weighted by molar-refractivity contribution is -0.127. The molecule has 88 valence electrons. The molecule has 6 nitrogen and oxygen atoms in total. The summed E-state index contributed by atoms with van der Waals surface area (Å²) >= 11 is 0. The first-order valence-electron chi connectivity index (χ1n) is 4.83. The van der Waals surface area contributed by atoms with E-state index in [-0.39, 0.29) is 12.5 Å². The van der Waals surface area contributed by atoms with Crippen LogP contribution in [0.3, 0.4) is 0 Å². The predicted molar refractivity (Wildman–Crippen MR) is 56.9 cm³/mol. The van der Waals surface area contributed by atoms with E-state index in [9.17, 15) is 13.2 Å². The van der Waals surface area contributed by atoms with Crippen molar-refractivity contribution in [2.24, 2.45) is 0 Å². The van der Waals surface area contributed by atoms with Crippen molar-refractivity contribution in [1.82, 2.24) is 14.9 Å². The Labute approximate surface area is 90.1 Å². The highest BCUT2D eigenvalue weighted by Gasteiger charge is 2.28. The summed E-state index contributed by atoms with van der Waals surface area (Å²) < 4.78 is 25.6. The number of hydrogen-bond donors (Lipinski definition) is 2. The first-order chi connectivity index (χ1) is 6.93. The number of rotatable bonds is 4. The molecule has 1 amide bonds. The van der Waals surface area contributed by atoms with E-state index in [0.717, 1.165) is 0 Å². The standard InChI is InChI=1S/C8H17N3O3S/c1-11(2)8(12)6-10-15(13,14)7-3-4-9-5-7/h7,9-10H,3-6H2,1-2H3. The van der Waals surface area contributed by atoms with Gasteiger partial charge in [-0.2, -0.15) is 0 Å². The van der Waals surface area contributed by atoms with Gasteiger partial charge in [0, 0.05) is 20.6 Å². The van der Waals surface area contributed by atoms with E-state index in [4.69, 9.17) is 0 Å². The lowest BCUT2D eigenvalue weighted by Crippen LogP contribution is -2.41. The molecule has 1 saturated heterocycles. The molecule has 0 radical (unpaired) electrons. The highest BCUT2D eigenvalue weighted by molar-refractivity contribution is 7.90. The zero-order valence-electron chi connectivity index (χ0n) is 8.99. The molecule has 1 heterocycles. The maximum atomic E-state index is 11.6. The molecule has 7 heteroatoms. The maximum absolute atomic E-state index is 11.6. The van der Waals surface area contributed by atoms with Crippen LogP contribution < -0.4 is 10.0 Å². The Morgan fingerprint density at radius 2 is 2.20 bits per heavy atom. The number of hydrogen-bond acceptors (Lipinski definition) is 4. The number of likely N-dealkylation sites (N-methyl/N-ethyl adjacent to an activating group) is 1. The summed E-state index contributed by atoms with van der Waals surface area (Å²) in [7, 11) is -0.167. The van der Waals surface area contributed by atoms with Crippen LogP contribution in [0.5, 0.6) is 0 Å². The summed E-state index contributed by atoms with van der Waals surface area (Å²) in [5, 5.41) is 2.56. The van der Waals surface area contributed by atoms with Gasteiger partial charge >= 0.3 is 0 Å². The zero-order valence-corrected chi connectivity index (χ0v) is 9.80. The van der Waals surface area contributed by atoms with Gasteiger partial charge in [-0.1, -0.05) is 0 Å². The minimum Gasteiger partial charge on any atom is -0.348 e. The lowest BCUT2D eigenvalue weighted by atomic mass is 10.4. The van der Waals surface area contributed by atoms with Crippen molar-refractivity contribution in [2.45, 2.75) is 11.7 Å². The van der Waals surface area contributed by atoms with Crippen molar-refractivity contribution in [2.75, 3.05) is 33.7 Å². The normalized spacial score (nSPS) is 21.6. The molecule has 0 aromatic carbocycles. The summed E-state index contributed by atoms with van der Waals surface area (Å²) in [5.74, 6) is -0.246. The van der Waals surface area contributed by atoms with Crippen LogP contribution in [0.1, 0.15) is 6.42 Å². The molecule has 1 aliphatic heterocycles. The fraction of sp³-hybridized carbons (Fsp3) is 0.875. The summed E-state index contributed by atoms with van der Waals surface area (Å²) in [4.78, 5) is 12.5. The maximum Gasteiger partial charge on any atom is 0.237 e. The van der Waals surface area contributed by atoms with Gasteiger partial charge in [0.25, 0.3) is 0 Å². The van der Waals surface area contributed by atoms with Crippen LogP contribution >= 0.6 is 0 Å². The Hall–Kier alpha value is -0.660. The molecule has 1 aliphatic rings. The monoisotopic (exact) mass is 235 g/mol. The smallest absolute Gasteiger partial charge is 0.237 e.